The number of amides is 1. The molecular formula is C21H28N2O3S. The third kappa shape index (κ3) is 5.82. The molecule has 2 aromatic rings. The molecule has 1 N–H and O–H groups in total. The van der Waals surface area contributed by atoms with Gasteiger partial charge in [-0.05, 0) is 29.5 Å². The smallest absolute Gasteiger partial charge is 0.241 e. The summed E-state index contributed by atoms with van der Waals surface area (Å²) in [7, 11) is -3.61. The van der Waals surface area contributed by atoms with E-state index in [0.29, 0.717) is 12.2 Å². The van der Waals surface area contributed by atoms with E-state index >= 15 is 0 Å². The normalized spacial score (nSPS) is 11.9. The maximum Gasteiger partial charge on any atom is 0.241 e. The molecule has 0 fully saturated rings. The molecule has 5 nitrogen and oxygen atoms in total. The molecule has 27 heavy (non-hydrogen) atoms. The van der Waals surface area contributed by atoms with Crippen molar-refractivity contribution < 1.29 is 13.2 Å². The van der Waals surface area contributed by atoms with E-state index < -0.39 is 10.0 Å². The molecule has 146 valence electrons. The largest absolute Gasteiger partial charge is 0.350 e. The van der Waals surface area contributed by atoms with Gasteiger partial charge in [-0.25, -0.2) is 8.42 Å². The lowest BCUT2D eigenvalue weighted by Gasteiger charge is -2.29. The molecule has 0 radical (unpaired) electrons. The van der Waals surface area contributed by atoms with Gasteiger partial charge in [0.15, 0.2) is 0 Å². The molecule has 0 aromatic heterocycles. The fourth-order valence-electron chi connectivity index (χ4n) is 2.92. The summed E-state index contributed by atoms with van der Waals surface area (Å²) in [5, 5.41) is 2.81. The second-order valence-electron chi connectivity index (χ2n) is 7.80. The van der Waals surface area contributed by atoms with Crippen LogP contribution in [-0.4, -0.2) is 27.1 Å². The molecule has 0 unspecified atom stereocenters. The van der Waals surface area contributed by atoms with Crippen LogP contribution < -0.4 is 9.62 Å². The zero-order valence-corrected chi connectivity index (χ0v) is 17.4. The molecule has 0 bridgehead atoms. The van der Waals surface area contributed by atoms with Crippen molar-refractivity contribution in [3.05, 3.63) is 65.2 Å². The molecule has 0 atom stereocenters. The van der Waals surface area contributed by atoms with E-state index in [1.807, 2.05) is 64.1 Å². The van der Waals surface area contributed by atoms with E-state index in [1.165, 1.54) is 4.31 Å². The Kier molecular flexibility index (Phi) is 6.31. The summed E-state index contributed by atoms with van der Waals surface area (Å²) in [4.78, 5) is 12.5. The molecule has 1 amide bonds. The second kappa shape index (κ2) is 8.13. The molecule has 0 aliphatic heterocycles. The molecule has 2 rings (SSSR count). The quantitative estimate of drug-likeness (QED) is 0.825. The summed E-state index contributed by atoms with van der Waals surface area (Å²) in [6.07, 6.45) is 1.13. The first-order chi connectivity index (χ1) is 12.5. The molecule has 0 spiro atoms. The van der Waals surface area contributed by atoms with E-state index in [9.17, 15) is 13.2 Å². The Morgan fingerprint density at radius 1 is 1.07 bits per heavy atom. The summed E-state index contributed by atoms with van der Waals surface area (Å²) in [5.74, 6) is -0.342. The highest BCUT2D eigenvalue weighted by atomic mass is 32.2. The minimum absolute atomic E-state index is 0.252. The minimum Gasteiger partial charge on any atom is -0.350 e. The van der Waals surface area contributed by atoms with Crippen molar-refractivity contribution in [2.75, 3.05) is 17.1 Å². The fraction of sp³-hybridized carbons (Fsp3) is 0.381. The van der Waals surface area contributed by atoms with E-state index in [0.717, 1.165) is 22.9 Å². The molecule has 0 saturated heterocycles. The van der Waals surface area contributed by atoms with Crippen LogP contribution in [0.2, 0.25) is 0 Å². The van der Waals surface area contributed by atoms with Crippen LogP contribution in [0.25, 0.3) is 0 Å². The van der Waals surface area contributed by atoms with Crippen molar-refractivity contribution in [2.24, 2.45) is 0 Å². The van der Waals surface area contributed by atoms with E-state index in [4.69, 9.17) is 0 Å². The first-order valence-corrected chi connectivity index (χ1v) is 10.7. The molecule has 0 aliphatic rings. The minimum atomic E-state index is -3.61. The zero-order chi connectivity index (χ0) is 20.2. The number of nitrogens with zero attached hydrogens (tertiary/aromatic N) is 1. The predicted molar refractivity (Wildman–Crippen MR) is 110 cm³/mol. The van der Waals surface area contributed by atoms with Gasteiger partial charge in [0.2, 0.25) is 15.9 Å². The van der Waals surface area contributed by atoms with E-state index in [2.05, 4.69) is 5.32 Å². The van der Waals surface area contributed by atoms with Crippen LogP contribution in [-0.2, 0) is 26.8 Å². The van der Waals surface area contributed by atoms with Gasteiger partial charge in [0.05, 0.1) is 11.9 Å². The second-order valence-corrected chi connectivity index (χ2v) is 9.71. The first kappa shape index (κ1) is 21.0. The highest BCUT2D eigenvalue weighted by Crippen LogP contribution is 2.32. The maximum atomic E-state index is 12.5. The van der Waals surface area contributed by atoms with Crippen molar-refractivity contribution in [3.63, 3.8) is 0 Å². The van der Waals surface area contributed by atoms with Crippen molar-refractivity contribution >= 4 is 21.6 Å². The molecular weight excluding hydrogens is 360 g/mol. The molecule has 6 heteroatoms. The number of hydrogen-bond acceptors (Lipinski definition) is 3. The van der Waals surface area contributed by atoms with Gasteiger partial charge in [0.25, 0.3) is 0 Å². The summed E-state index contributed by atoms with van der Waals surface area (Å²) >= 11 is 0. The lowest BCUT2D eigenvalue weighted by atomic mass is 9.86. The average Bonchev–Trinajstić information content (AvgIpc) is 2.56. The number of sulfonamides is 1. The van der Waals surface area contributed by atoms with Gasteiger partial charge in [-0.2, -0.15) is 0 Å². The van der Waals surface area contributed by atoms with E-state index in [1.54, 1.807) is 12.1 Å². The predicted octanol–water partition coefficient (Wildman–Crippen LogP) is 3.37. The van der Waals surface area contributed by atoms with Crippen LogP contribution in [0.5, 0.6) is 0 Å². The fourth-order valence-corrected chi connectivity index (χ4v) is 3.78. The van der Waals surface area contributed by atoms with Gasteiger partial charge in [-0.1, -0.05) is 68.8 Å². The molecule has 2 aromatic carbocycles. The van der Waals surface area contributed by atoms with Crippen LogP contribution in [0.3, 0.4) is 0 Å². The topological polar surface area (TPSA) is 66.5 Å². The Balaban J connectivity index is 2.23. The highest BCUT2D eigenvalue weighted by Gasteiger charge is 2.27. The van der Waals surface area contributed by atoms with Crippen LogP contribution in [0, 0.1) is 6.92 Å². The van der Waals surface area contributed by atoms with Crippen LogP contribution in [0.4, 0.5) is 5.69 Å². The summed E-state index contributed by atoms with van der Waals surface area (Å²) < 4.78 is 26.0. The van der Waals surface area contributed by atoms with Crippen molar-refractivity contribution in [1.29, 1.82) is 0 Å². The Labute approximate surface area is 162 Å². The SMILES string of the molecule is Cc1cccc(CNC(=O)CN(c2ccccc2C(C)(C)C)S(C)(=O)=O)c1. The average molecular weight is 389 g/mol. The number of aryl methyl sites for hydroxylation is 1. The Hall–Kier alpha value is -2.34. The lowest BCUT2D eigenvalue weighted by molar-refractivity contribution is -0.119. The Bertz CT molecular complexity index is 915. The monoisotopic (exact) mass is 388 g/mol. The number of anilines is 1. The van der Waals surface area contributed by atoms with E-state index in [-0.39, 0.29) is 17.9 Å². The first-order valence-electron chi connectivity index (χ1n) is 8.88. The number of para-hydroxylation sites is 1. The third-order valence-electron chi connectivity index (χ3n) is 4.24. The lowest BCUT2D eigenvalue weighted by Crippen LogP contribution is -2.41. The molecule has 0 saturated carbocycles. The van der Waals surface area contributed by atoms with Crippen LogP contribution >= 0.6 is 0 Å². The third-order valence-corrected chi connectivity index (χ3v) is 5.37. The summed E-state index contributed by atoms with van der Waals surface area (Å²) in [6, 6.07) is 15.1. The molecule has 0 aliphatic carbocycles. The number of hydrogen-bond donors (Lipinski definition) is 1. The van der Waals surface area contributed by atoms with Crippen molar-refractivity contribution in [3.8, 4) is 0 Å². The van der Waals surface area contributed by atoms with Crippen molar-refractivity contribution in [2.45, 2.75) is 39.7 Å². The zero-order valence-electron chi connectivity index (χ0n) is 16.6. The standard InChI is InChI=1S/C21H28N2O3S/c1-16-9-8-10-17(13-16)14-22-20(24)15-23(27(5,25)26)19-12-7-6-11-18(19)21(2,3)4/h6-13H,14-15H2,1-5H3,(H,22,24). The van der Waals surface area contributed by atoms with Gasteiger partial charge in [-0.15, -0.1) is 0 Å². The molecule has 0 heterocycles. The summed E-state index contributed by atoms with van der Waals surface area (Å²) in [5.41, 5.74) is 3.25. The van der Waals surface area contributed by atoms with Gasteiger partial charge in [0, 0.05) is 6.54 Å². The number of carbonyl (C=O) groups excluding carboxylic acids is 1. The van der Waals surface area contributed by atoms with Gasteiger partial charge in [-0.3, -0.25) is 9.10 Å². The van der Waals surface area contributed by atoms with Gasteiger partial charge in [0.1, 0.15) is 6.54 Å². The van der Waals surface area contributed by atoms with Gasteiger partial charge >= 0.3 is 0 Å². The maximum absolute atomic E-state index is 12.5. The summed E-state index contributed by atoms with van der Waals surface area (Å²) in [6.45, 7) is 8.15. The van der Waals surface area contributed by atoms with Crippen LogP contribution in [0.15, 0.2) is 48.5 Å². The van der Waals surface area contributed by atoms with Crippen molar-refractivity contribution in [1.82, 2.24) is 5.32 Å². The van der Waals surface area contributed by atoms with Crippen LogP contribution in [0.1, 0.15) is 37.5 Å². The number of carbonyl (C=O) groups is 1. The van der Waals surface area contributed by atoms with Gasteiger partial charge < -0.3 is 5.32 Å². The Morgan fingerprint density at radius 3 is 2.33 bits per heavy atom. The number of nitrogens with one attached hydrogen (secondary N) is 1. The number of rotatable bonds is 6. The number of benzene rings is 2. The highest BCUT2D eigenvalue weighted by molar-refractivity contribution is 7.92. The Morgan fingerprint density at radius 2 is 1.74 bits per heavy atom.